The first-order chi connectivity index (χ1) is 13.9. The molecule has 0 aromatic carbocycles. The van der Waals surface area contributed by atoms with Crippen molar-refractivity contribution >= 4 is 17.9 Å². The van der Waals surface area contributed by atoms with Gasteiger partial charge in [0.1, 0.15) is 13.2 Å². The van der Waals surface area contributed by atoms with E-state index < -0.39 is 18.0 Å². The molecule has 8 nitrogen and oxygen atoms in total. The number of carboxylic acid groups (broad SMARTS) is 1. The van der Waals surface area contributed by atoms with Gasteiger partial charge >= 0.3 is 17.9 Å². The third-order valence-corrected chi connectivity index (χ3v) is 3.90. The van der Waals surface area contributed by atoms with Crippen molar-refractivity contribution in [1.29, 1.82) is 0 Å². The highest BCUT2D eigenvalue weighted by molar-refractivity contribution is 5.77. The Kier molecular flexibility index (Phi) is 16.0. The van der Waals surface area contributed by atoms with E-state index in [0.717, 1.165) is 12.8 Å². The van der Waals surface area contributed by atoms with E-state index in [2.05, 4.69) is 26.5 Å². The summed E-state index contributed by atoms with van der Waals surface area (Å²) in [5, 5.41) is 7.99. The predicted molar refractivity (Wildman–Crippen MR) is 116 cm³/mol. The van der Waals surface area contributed by atoms with Crippen LogP contribution < -0.4 is 5.73 Å². The average Bonchev–Trinajstić information content (AvgIpc) is 3.10. The van der Waals surface area contributed by atoms with Gasteiger partial charge in [-0.1, -0.05) is 47.6 Å². The molecule has 0 aromatic heterocycles. The van der Waals surface area contributed by atoms with E-state index >= 15 is 0 Å². The quantitative estimate of drug-likeness (QED) is 0.341. The molecule has 3 N–H and O–H groups in total. The summed E-state index contributed by atoms with van der Waals surface area (Å²) in [4.78, 5) is 33.4. The van der Waals surface area contributed by atoms with Gasteiger partial charge in [-0.05, 0) is 38.3 Å². The SMILES string of the molecule is CC(C)C(=O)O.CCC(CC(C)(C)C)C(=O)OCCOC(=O)C1C=CC(C)O1.CN. The van der Waals surface area contributed by atoms with Crippen LogP contribution >= 0.6 is 0 Å². The predicted octanol–water partition coefficient (Wildman–Crippen LogP) is 3.18. The van der Waals surface area contributed by atoms with E-state index in [4.69, 9.17) is 19.3 Å². The smallest absolute Gasteiger partial charge is 0.339 e. The Morgan fingerprint density at radius 2 is 1.60 bits per heavy atom. The summed E-state index contributed by atoms with van der Waals surface area (Å²) in [6, 6.07) is 0. The van der Waals surface area contributed by atoms with Crippen molar-refractivity contribution in [2.45, 2.75) is 73.5 Å². The van der Waals surface area contributed by atoms with Crippen LogP contribution in [0.5, 0.6) is 0 Å². The highest BCUT2D eigenvalue weighted by Gasteiger charge is 2.26. The summed E-state index contributed by atoms with van der Waals surface area (Å²) in [5.74, 6) is -1.75. The van der Waals surface area contributed by atoms with Crippen molar-refractivity contribution in [2.24, 2.45) is 23.0 Å². The fourth-order valence-corrected chi connectivity index (χ4v) is 2.33. The Labute approximate surface area is 181 Å². The van der Waals surface area contributed by atoms with Crippen LogP contribution in [0.15, 0.2) is 12.2 Å². The van der Waals surface area contributed by atoms with Crippen LogP contribution in [0.1, 0.15) is 61.3 Å². The van der Waals surface area contributed by atoms with Gasteiger partial charge in [0.25, 0.3) is 0 Å². The number of hydrogen-bond donors (Lipinski definition) is 2. The van der Waals surface area contributed by atoms with Crippen LogP contribution in [0.4, 0.5) is 0 Å². The molecule has 30 heavy (non-hydrogen) atoms. The molecule has 0 amide bonds. The normalized spacial score (nSPS) is 18.5. The Morgan fingerprint density at radius 3 is 1.97 bits per heavy atom. The van der Waals surface area contributed by atoms with Gasteiger partial charge in [-0.25, -0.2) is 4.79 Å². The average molecular weight is 432 g/mol. The van der Waals surface area contributed by atoms with Crippen molar-refractivity contribution < 1.29 is 33.7 Å². The number of aliphatic carboxylic acids is 1. The maximum atomic E-state index is 12.0. The topological polar surface area (TPSA) is 125 Å². The number of hydrogen-bond acceptors (Lipinski definition) is 7. The summed E-state index contributed by atoms with van der Waals surface area (Å²) in [6.45, 7) is 13.5. The maximum absolute atomic E-state index is 12.0. The third kappa shape index (κ3) is 15.0. The van der Waals surface area contributed by atoms with Crippen LogP contribution in [-0.2, 0) is 28.6 Å². The van der Waals surface area contributed by atoms with Crippen LogP contribution in [0.3, 0.4) is 0 Å². The summed E-state index contributed by atoms with van der Waals surface area (Å²) in [7, 11) is 1.50. The van der Waals surface area contributed by atoms with Crippen LogP contribution in [-0.4, -0.2) is 55.5 Å². The second kappa shape index (κ2) is 15.8. The van der Waals surface area contributed by atoms with Crippen LogP contribution in [0.25, 0.3) is 0 Å². The number of carboxylic acids is 1. The molecule has 0 saturated heterocycles. The first kappa shape index (κ1) is 30.3. The molecule has 0 bridgehead atoms. The van der Waals surface area contributed by atoms with Gasteiger partial charge < -0.3 is 25.1 Å². The lowest BCUT2D eigenvalue weighted by molar-refractivity contribution is -0.161. The molecule has 1 aliphatic rings. The number of ether oxygens (including phenoxy) is 3. The summed E-state index contributed by atoms with van der Waals surface area (Å²) in [6.07, 6.45) is 4.29. The fraction of sp³-hybridized carbons (Fsp3) is 0.773. The summed E-state index contributed by atoms with van der Waals surface area (Å²) >= 11 is 0. The molecule has 1 rings (SSSR count). The maximum Gasteiger partial charge on any atom is 0.339 e. The minimum Gasteiger partial charge on any atom is -0.481 e. The van der Waals surface area contributed by atoms with E-state index in [-0.39, 0.29) is 42.5 Å². The molecule has 1 heterocycles. The summed E-state index contributed by atoms with van der Waals surface area (Å²) in [5.41, 5.74) is 4.58. The van der Waals surface area contributed by atoms with E-state index in [1.165, 1.54) is 7.05 Å². The zero-order chi connectivity index (χ0) is 23.9. The molecule has 0 spiro atoms. The number of rotatable bonds is 8. The summed E-state index contributed by atoms with van der Waals surface area (Å²) < 4.78 is 15.6. The molecule has 176 valence electrons. The fourth-order valence-electron chi connectivity index (χ4n) is 2.33. The zero-order valence-electron chi connectivity index (χ0n) is 19.8. The second-order valence-electron chi connectivity index (χ2n) is 8.34. The molecular weight excluding hydrogens is 390 g/mol. The van der Waals surface area contributed by atoms with E-state index in [1.54, 1.807) is 19.9 Å². The number of nitrogens with two attached hydrogens (primary N) is 1. The van der Waals surface area contributed by atoms with Gasteiger partial charge in [0.15, 0.2) is 6.10 Å². The monoisotopic (exact) mass is 431 g/mol. The number of carbonyl (C=O) groups excluding carboxylic acids is 2. The Balaban J connectivity index is 0. The molecule has 8 heteroatoms. The van der Waals surface area contributed by atoms with Crippen LogP contribution in [0, 0.1) is 17.3 Å². The van der Waals surface area contributed by atoms with Crippen molar-refractivity contribution in [3.8, 4) is 0 Å². The minimum absolute atomic E-state index is 0.0542. The van der Waals surface area contributed by atoms with Gasteiger partial charge in [-0.15, -0.1) is 0 Å². The van der Waals surface area contributed by atoms with Gasteiger partial charge in [0.2, 0.25) is 0 Å². The second-order valence-corrected chi connectivity index (χ2v) is 8.34. The lowest BCUT2D eigenvalue weighted by atomic mass is 9.83. The van der Waals surface area contributed by atoms with Gasteiger partial charge in [0.05, 0.1) is 17.9 Å². The highest BCUT2D eigenvalue weighted by atomic mass is 16.6. The molecule has 0 aromatic rings. The van der Waals surface area contributed by atoms with Crippen LogP contribution in [0.2, 0.25) is 0 Å². The molecule has 0 radical (unpaired) electrons. The first-order valence-corrected chi connectivity index (χ1v) is 10.3. The van der Waals surface area contributed by atoms with Crippen molar-refractivity contribution in [2.75, 3.05) is 20.3 Å². The van der Waals surface area contributed by atoms with Crippen molar-refractivity contribution in [3.63, 3.8) is 0 Å². The van der Waals surface area contributed by atoms with Gasteiger partial charge in [-0.2, -0.15) is 0 Å². The molecule has 0 saturated carbocycles. The first-order valence-electron chi connectivity index (χ1n) is 10.3. The molecule has 1 aliphatic heterocycles. The lowest BCUT2D eigenvalue weighted by Gasteiger charge is -2.23. The number of carbonyl (C=O) groups is 3. The Bertz CT molecular complexity index is 538. The standard InChI is InChI=1S/C17H28O5.C4H8O2.CH5N/c1-6-13(11-17(3,4)5)15(18)20-9-10-21-16(19)14-8-7-12(2)22-14;1-3(2)4(5)6;1-2/h7-8,12-14H,6,9-11H2,1-5H3;3H,1-2H3,(H,5,6);2H2,1H3. The van der Waals surface area contributed by atoms with Crippen molar-refractivity contribution in [3.05, 3.63) is 12.2 Å². The van der Waals surface area contributed by atoms with Crippen molar-refractivity contribution in [1.82, 2.24) is 0 Å². The number of esters is 2. The Morgan fingerprint density at radius 1 is 1.10 bits per heavy atom. The largest absolute Gasteiger partial charge is 0.481 e. The molecular formula is C22H41NO7. The highest BCUT2D eigenvalue weighted by Crippen LogP contribution is 2.27. The van der Waals surface area contributed by atoms with Gasteiger partial charge in [0, 0.05) is 0 Å². The molecule has 0 aliphatic carbocycles. The molecule has 0 fully saturated rings. The lowest BCUT2D eigenvalue weighted by Crippen LogP contribution is -2.27. The molecule has 3 atom stereocenters. The van der Waals surface area contributed by atoms with E-state index in [1.807, 2.05) is 19.9 Å². The zero-order valence-corrected chi connectivity index (χ0v) is 19.8. The van der Waals surface area contributed by atoms with Gasteiger partial charge in [-0.3, -0.25) is 9.59 Å². The Hall–Kier alpha value is -1.93. The third-order valence-electron chi connectivity index (χ3n) is 3.90. The molecule has 3 unspecified atom stereocenters. The van der Waals surface area contributed by atoms with E-state index in [0.29, 0.717) is 0 Å². The van der Waals surface area contributed by atoms with E-state index in [9.17, 15) is 14.4 Å². The minimum atomic E-state index is -0.741.